The lowest BCUT2D eigenvalue weighted by Crippen LogP contribution is -2.46. The monoisotopic (exact) mass is 275 g/mol. The SMILES string of the molecule is C=CCNC(=O)c1ccnc(N2CCN(C=O)CC2)n1. The molecule has 1 aromatic heterocycles. The Morgan fingerprint density at radius 2 is 2.15 bits per heavy atom. The topological polar surface area (TPSA) is 78.4 Å². The first-order valence-corrected chi connectivity index (χ1v) is 6.41. The third kappa shape index (κ3) is 3.31. The molecule has 1 aliphatic rings. The van der Waals surface area contributed by atoms with Gasteiger partial charge in [-0.1, -0.05) is 6.08 Å². The zero-order valence-electron chi connectivity index (χ0n) is 11.2. The van der Waals surface area contributed by atoms with Crippen LogP contribution in [0.25, 0.3) is 0 Å². The van der Waals surface area contributed by atoms with Crippen molar-refractivity contribution in [3.63, 3.8) is 0 Å². The second kappa shape index (κ2) is 6.65. The zero-order valence-corrected chi connectivity index (χ0v) is 11.2. The molecular weight excluding hydrogens is 258 g/mol. The van der Waals surface area contributed by atoms with Crippen LogP contribution in [-0.4, -0.2) is 59.9 Å². The van der Waals surface area contributed by atoms with E-state index in [1.807, 2.05) is 4.90 Å². The van der Waals surface area contributed by atoms with Crippen LogP contribution in [0.5, 0.6) is 0 Å². The summed E-state index contributed by atoms with van der Waals surface area (Å²) in [5.74, 6) is 0.266. The quantitative estimate of drug-likeness (QED) is 0.588. The maximum absolute atomic E-state index is 11.8. The van der Waals surface area contributed by atoms with Crippen LogP contribution in [0.15, 0.2) is 24.9 Å². The number of anilines is 1. The van der Waals surface area contributed by atoms with E-state index in [1.165, 1.54) is 0 Å². The van der Waals surface area contributed by atoms with E-state index < -0.39 is 0 Å². The largest absolute Gasteiger partial charge is 0.347 e. The lowest BCUT2D eigenvalue weighted by Gasteiger charge is -2.32. The maximum Gasteiger partial charge on any atom is 0.270 e. The fraction of sp³-hybridized carbons (Fsp3) is 0.385. The third-order valence-corrected chi connectivity index (χ3v) is 3.03. The van der Waals surface area contributed by atoms with Crippen molar-refractivity contribution < 1.29 is 9.59 Å². The van der Waals surface area contributed by atoms with Crippen LogP contribution < -0.4 is 10.2 Å². The average Bonchev–Trinajstić information content (AvgIpc) is 2.52. The summed E-state index contributed by atoms with van der Waals surface area (Å²) in [5, 5.41) is 2.67. The molecule has 1 fully saturated rings. The number of nitrogens with zero attached hydrogens (tertiary/aromatic N) is 4. The van der Waals surface area contributed by atoms with Gasteiger partial charge in [-0.3, -0.25) is 9.59 Å². The van der Waals surface area contributed by atoms with Crippen molar-refractivity contribution in [3.8, 4) is 0 Å². The molecule has 1 aromatic rings. The minimum atomic E-state index is -0.250. The van der Waals surface area contributed by atoms with Gasteiger partial charge < -0.3 is 15.1 Å². The minimum absolute atomic E-state index is 0.250. The van der Waals surface area contributed by atoms with Crippen molar-refractivity contribution in [3.05, 3.63) is 30.6 Å². The molecule has 2 rings (SSSR count). The number of aromatic nitrogens is 2. The van der Waals surface area contributed by atoms with E-state index in [2.05, 4.69) is 21.9 Å². The third-order valence-electron chi connectivity index (χ3n) is 3.03. The van der Waals surface area contributed by atoms with Gasteiger partial charge in [0, 0.05) is 38.9 Å². The second-order valence-electron chi connectivity index (χ2n) is 4.37. The Hall–Kier alpha value is -2.44. The van der Waals surface area contributed by atoms with E-state index in [-0.39, 0.29) is 5.91 Å². The van der Waals surface area contributed by atoms with Gasteiger partial charge in [0.25, 0.3) is 5.91 Å². The summed E-state index contributed by atoms with van der Waals surface area (Å²) >= 11 is 0. The molecule has 2 heterocycles. The van der Waals surface area contributed by atoms with Crippen LogP contribution in [0.1, 0.15) is 10.5 Å². The second-order valence-corrected chi connectivity index (χ2v) is 4.37. The van der Waals surface area contributed by atoms with Gasteiger partial charge in [-0.25, -0.2) is 9.97 Å². The molecule has 0 radical (unpaired) electrons. The Labute approximate surface area is 117 Å². The summed E-state index contributed by atoms with van der Waals surface area (Å²) in [7, 11) is 0. The highest BCUT2D eigenvalue weighted by Gasteiger charge is 2.18. The van der Waals surface area contributed by atoms with Gasteiger partial charge in [0.15, 0.2) is 0 Å². The number of carbonyl (C=O) groups is 2. The highest BCUT2D eigenvalue weighted by molar-refractivity contribution is 5.92. The van der Waals surface area contributed by atoms with Crippen LogP contribution >= 0.6 is 0 Å². The van der Waals surface area contributed by atoms with Crippen molar-refractivity contribution in [2.24, 2.45) is 0 Å². The molecule has 106 valence electrons. The Balaban J connectivity index is 2.04. The Bertz CT molecular complexity index is 497. The van der Waals surface area contributed by atoms with Gasteiger partial charge in [-0.15, -0.1) is 6.58 Å². The molecule has 7 nitrogen and oxygen atoms in total. The average molecular weight is 275 g/mol. The molecule has 0 saturated carbocycles. The Morgan fingerprint density at radius 1 is 1.40 bits per heavy atom. The molecule has 0 aliphatic carbocycles. The number of hydrogen-bond acceptors (Lipinski definition) is 5. The highest BCUT2D eigenvalue weighted by atomic mass is 16.2. The van der Waals surface area contributed by atoms with Gasteiger partial charge in [-0.2, -0.15) is 0 Å². The number of nitrogens with one attached hydrogen (secondary N) is 1. The van der Waals surface area contributed by atoms with Crippen LogP contribution in [0, 0.1) is 0 Å². The molecule has 7 heteroatoms. The number of rotatable bonds is 5. The molecule has 1 N–H and O–H groups in total. The van der Waals surface area contributed by atoms with Gasteiger partial charge in [-0.05, 0) is 6.07 Å². The number of piperazine rings is 1. The van der Waals surface area contributed by atoms with E-state index in [0.29, 0.717) is 44.4 Å². The molecule has 0 aromatic carbocycles. The summed E-state index contributed by atoms with van der Waals surface area (Å²) < 4.78 is 0. The van der Waals surface area contributed by atoms with Crippen molar-refractivity contribution >= 4 is 18.3 Å². The summed E-state index contributed by atoms with van der Waals surface area (Å²) in [5.41, 5.74) is 0.328. The highest BCUT2D eigenvalue weighted by Crippen LogP contribution is 2.10. The molecule has 1 aliphatic heterocycles. The van der Waals surface area contributed by atoms with Crippen LogP contribution in [0.3, 0.4) is 0 Å². The van der Waals surface area contributed by atoms with E-state index >= 15 is 0 Å². The van der Waals surface area contributed by atoms with Gasteiger partial charge in [0.05, 0.1) is 0 Å². The van der Waals surface area contributed by atoms with Crippen LogP contribution in [-0.2, 0) is 4.79 Å². The van der Waals surface area contributed by atoms with Gasteiger partial charge in [0.1, 0.15) is 5.69 Å². The van der Waals surface area contributed by atoms with Crippen molar-refractivity contribution in [1.29, 1.82) is 0 Å². The number of amides is 2. The first-order chi connectivity index (χ1) is 9.74. The maximum atomic E-state index is 11.8. The molecular formula is C13H17N5O2. The minimum Gasteiger partial charge on any atom is -0.347 e. The van der Waals surface area contributed by atoms with Crippen LogP contribution in [0.4, 0.5) is 5.95 Å². The zero-order chi connectivity index (χ0) is 14.4. The molecule has 0 bridgehead atoms. The number of hydrogen-bond donors (Lipinski definition) is 1. The fourth-order valence-electron chi connectivity index (χ4n) is 1.91. The van der Waals surface area contributed by atoms with E-state index in [9.17, 15) is 9.59 Å². The Morgan fingerprint density at radius 3 is 2.80 bits per heavy atom. The van der Waals surface area contributed by atoms with E-state index in [0.717, 1.165) is 6.41 Å². The molecule has 2 amide bonds. The summed E-state index contributed by atoms with van der Waals surface area (Å²) in [4.78, 5) is 34.6. The lowest BCUT2D eigenvalue weighted by atomic mass is 10.3. The first-order valence-electron chi connectivity index (χ1n) is 6.41. The van der Waals surface area contributed by atoms with Crippen molar-refractivity contribution in [2.75, 3.05) is 37.6 Å². The molecule has 0 spiro atoms. The summed E-state index contributed by atoms with van der Waals surface area (Å²) in [6.45, 7) is 6.55. The Kier molecular flexibility index (Phi) is 4.65. The van der Waals surface area contributed by atoms with Crippen LogP contribution in [0.2, 0.25) is 0 Å². The predicted molar refractivity (Wildman–Crippen MR) is 74.4 cm³/mol. The standard InChI is InChI=1S/C13H17N5O2/c1-2-4-14-12(20)11-3-5-15-13(16-11)18-8-6-17(10-19)7-9-18/h2-3,5,10H,1,4,6-9H2,(H,14,20). The van der Waals surface area contributed by atoms with Crippen molar-refractivity contribution in [2.45, 2.75) is 0 Å². The summed E-state index contributed by atoms with van der Waals surface area (Å²) in [6, 6.07) is 1.57. The first kappa shape index (κ1) is 14.0. The molecule has 0 unspecified atom stereocenters. The van der Waals surface area contributed by atoms with E-state index in [1.54, 1.807) is 23.2 Å². The molecule has 0 atom stereocenters. The normalized spacial score (nSPS) is 14.8. The van der Waals surface area contributed by atoms with E-state index in [4.69, 9.17) is 0 Å². The van der Waals surface area contributed by atoms with Gasteiger partial charge >= 0.3 is 0 Å². The predicted octanol–water partition coefficient (Wildman–Crippen LogP) is -0.329. The lowest BCUT2D eigenvalue weighted by molar-refractivity contribution is -0.118. The molecule has 20 heavy (non-hydrogen) atoms. The smallest absolute Gasteiger partial charge is 0.270 e. The molecule has 1 saturated heterocycles. The fourth-order valence-corrected chi connectivity index (χ4v) is 1.91. The van der Waals surface area contributed by atoms with Crippen molar-refractivity contribution in [1.82, 2.24) is 20.2 Å². The number of carbonyl (C=O) groups excluding carboxylic acids is 2. The van der Waals surface area contributed by atoms with Gasteiger partial charge in [0.2, 0.25) is 12.4 Å². The summed E-state index contributed by atoms with van der Waals surface area (Å²) in [6.07, 6.45) is 4.02.